The molecule has 3 aromatic rings. The van der Waals surface area contributed by atoms with Crippen LogP contribution in [-0.4, -0.2) is 36.3 Å². The average Bonchev–Trinajstić information content (AvgIpc) is 3.15. The van der Waals surface area contributed by atoms with Gasteiger partial charge in [0.1, 0.15) is 11.4 Å². The number of rotatable bonds is 7. The number of nitrogens with zero attached hydrogens (tertiary/aromatic N) is 3. The fourth-order valence-corrected chi connectivity index (χ4v) is 2.79. The van der Waals surface area contributed by atoms with E-state index in [1.807, 2.05) is 18.3 Å². The molecule has 0 saturated heterocycles. The number of amides is 1. The summed E-state index contributed by atoms with van der Waals surface area (Å²) in [6, 6.07) is 7.29. The lowest BCUT2D eigenvalue weighted by molar-refractivity contribution is 0.0995. The Morgan fingerprint density at radius 2 is 2.17 bits per heavy atom. The molecule has 3 rings (SSSR count). The molecule has 0 bridgehead atoms. The van der Waals surface area contributed by atoms with Crippen LogP contribution in [0, 0.1) is 0 Å². The topological polar surface area (TPSA) is 106 Å². The van der Waals surface area contributed by atoms with Crippen molar-refractivity contribution in [2.24, 2.45) is 5.73 Å². The smallest absolute Gasteiger partial charge is 0.268 e. The Hall–Kier alpha value is -2.80. The van der Waals surface area contributed by atoms with Crippen LogP contribution >= 0.6 is 0 Å². The summed E-state index contributed by atoms with van der Waals surface area (Å²) in [6.07, 6.45) is 5.88. The van der Waals surface area contributed by atoms with E-state index >= 15 is 0 Å². The van der Waals surface area contributed by atoms with Gasteiger partial charge in [-0.05, 0) is 36.4 Å². The summed E-state index contributed by atoms with van der Waals surface area (Å²) in [4.78, 5) is 14.9. The summed E-state index contributed by atoms with van der Waals surface area (Å²) in [6.45, 7) is 1.12. The highest BCUT2D eigenvalue weighted by Gasteiger charge is 2.09. The van der Waals surface area contributed by atoms with Crippen LogP contribution in [-0.2, 0) is 13.1 Å². The predicted octanol–water partition coefficient (Wildman–Crippen LogP) is 1.48. The summed E-state index contributed by atoms with van der Waals surface area (Å²) < 4.78 is 3.72. The van der Waals surface area contributed by atoms with Gasteiger partial charge in [-0.1, -0.05) is 0 Å². The number of aromatic hydroxyl groups is 1. The molecule has 0 fully saturated rings. The first-order chi connectivity index (χ1) is 11.5. The number of hydrogen-bond acceptors (Lipinski definition) is 4. The summed E-state index contributed by atoms with van der Waals surface area (Å²) in [7, 11) is 0. The number of aliphatic hydroxyl groups is 1. The van der Waals surface area contributed by atoms with Crippen molar-refractivity contribution in [3.05, 3.63) is 48.7 Å². The highest BCUT2D eigenvalue weighted by Crippen LogP contribution is 2.21. The van der Waals surface area contributed by atoms with E-state index < -0.39 is 12.0 Å². The largest absolute Gasteiger partial charge is 0.508 e. The molecule has 7 nitrogen and oxygen atoms in total. The van der Waals surface area contributed by atoms with Crippen molar-refractivity contribution in [3.8, 4) is 5.75 Å². The molecular weight excluding hydrogens is 308 g/mol. The van der Waals surface area contributed by atoms with Crippen LogP contribution in [0.4, 0.5) is 0 Å². The first-order valence-corrected chi connectivity index (χ1v) is 7.80. The van der Waals surface area contributed by atoms with E-state index in [2.05, 4.69) is 9.55 Å². The lowest BCUT2D eigenvalue weighted by Crippen LogP contribution is -2.16. The van der Waals surface area contributed by atoms with Crippen LogP contribution in [0.25, 0.3) is 10.9 Å². The number of fused-ring (bicyclic) bond motifs is 1. The summed E-state index contributed by atoms with van der Waals surface area (Å²) in [5.74, 6) is -0.334. The number of phenols is 1. The number of benzene rings is 1. The third-order valence-corrected chi connectivity index (χ3v) is 4.00. The monoisotopic (exact) mass is 328 g/mol. The standard InChI is InChI=1S/C17H20N4O3/c18-17(24)15-10-20(11-19-15)9-14(23)2-1-6-21-7-5-12-3-4-13(22)8-16(12)21/h3-5,7-8,10-11,14,22-23H,1-2,6,9H2,(H2,18,24). The van der Waals surface area contributed by atoms with Gasteiger partial charge in [-0.25, -0.2) is 4.98 Å². The Morgan fingerprint density at radius 1 is 1.33 bits per heavy atom. The van der Waals surface area contributed by atoms with Crippen molar-refractivity contribution >= 4 is 16.8 Å². The minimum atomic E-state index is -0.578. The number of phenolic OH excluding ortho intramolecular Hbond substituents is 1. The first kappa shape index (κ1) is 16.1. The summed E-state index contributed by atoms with van der Waals surface area (Å²) in [5, 5.41) is 20.8. The third-order valence-electron chi connectivity index (χ3n) is 4.00. The Balaban J connectivity index is 1.53. The zero-order valence-corrected chi connectivity index (χ0v) is 13.2. The van der Waals surface area contributed by atoms with Gasteiger partial charge in [-0.2, -0.15) is 0 Å². The van der Waals surface area contributed by atoms with Crippen LogP contribution in [0.3, 0.4) is 0 Å². The zero-order valence-electron chi connectivity index (χ0n) is 13.2. The van der Waals surface area contributed by atoms with E-state index in [9.17, 15) is 15.0 Å². The van der Waals surface area contributed by atoms with Crippen molar-refractivity contribution in [1.29, 1.82) is 0 Å². The number of imidazole rings is 1. The second kappa shape index (κ2) is 6.76. The number of nitrogens with two attached hydrogens (primary N) is 1. The van der Waals surface area contributed by atoms with Gasteiger partial charge in [0.05, 0.1) is 17.9 Å². The van der Waals surface area contributed by atoms with Crippen LogP contribution in [0.1, 0.15) is 23.3 Å². The van der Waals surface area contributed by atoms with Crippen molar-refractivity contribution in [2.45, 2.75) is 32.0 Å². The molecule has 0 aliphatic heterocycles. The molecule has 2 aromatic heterocycles. The minimum absolute atomic E-state index is 0.195. The molecule has 0 radical (unpaired) electrons. The van der Waals surface area contributed by atoms with Crippen LogP contribution in [0.2, 0.25) is 0 Å². The molecule has 4 N–H and O–H groups in total. The van der Waals surface area contributed by atoms with Gasteiger partial charge in [-0.3, -0.25) is 4.79 Å². The summed E-state index contributed by atoms with van der Waals surface area (Å²) >= 11 is 0. The molecule has 2 heterocycles. The van der Waals surface area contributed by atoms with E-state index in [0.717, 1.165) is 23.9 Å². The van der Waals surface area contributed by atoms with Gasteiger partial charge >= 0.3 is 0 Å². The first-order valence-electron chi connectivity index (χ1n) is 7.80. The van der Waals surface area contributed by atoms with E-state index in [0.29, 0.717) is 13.0 Å². The Kier molecular flexibility index (Phi) is 4.52. The molecule has 0 saturated carbocycles. The van der Waals surface area contributed by atoms with Gasteiger partial charge < -0.3 is 25.1 Å². The fourth-order valence-electron chi connectivity index (χ4n) is 2.79. The summed E-state index contributed by atoms with van der Waals surface area (Å²) in [5.41, 5.74) is 6.32. The number of hydrogen-bond donors (Lipinski definition) is 3. The van der Waals surface area contributed by atoms with Gasteiger partial charge in [-0.15, -0.1) is 0 Å². The lowest BCUT2D eigenvalue weighted by atomic mass is 10.2. The lowest BCUT2D eigenvalue weighted by Gasteiger charge is -2.12. The van der Waals surface area contributed by atoms with E-state index in [4.69, 9.17) is 5.73 Å². The zero-order chi connectivity index (χ0) is 17.1. The van der Waals surface area contributed by atoms with Crippen molar-refractivity contribution < 1.29 is 15.0 Å². The Bertz CT molecular complexity index is 853. The van der Waals surface area contributed by atoms with Crippen molar-refractivity contribution in [1.82, 2.24) is 14.1 Å². The molecule has 1 aromatic carbocycles. The molecule has 7 heteroatoms. The molecule has 24 heavy (non-hydrogen) atoms. The highest BCUT2D eigenvalue weighted by atomic mass is 16.3. The van der Waals surface area contributed by atoms with Gasteiger partial charge in [0, 0.05) is 31.5 Å². The quantitative estimate of drug-likeness (QED) is 0.611. The van der Waals surface area contributed by atoms with E-state index in [1.54, 1.807) is 16.7 Å². The highest BCUT2D eigenvalue weighted by molar-refractivity contribution is 5.90. The number of primary amides is 1. The van der Waals surface area contributed by atoms with E-state index in [-0.39, 0.29) is 11.4 Å². The van der Waals surface area contributed by atoms with Gasteiger partial charge in [0.25, 0.3) is 5.91 Å². The number of carbonyl (C=O) groups excluding carboxylic acids is 1. The molecule has 0 aliphatic carbocycles. The molecule has 1 atom stereocenters. The third kappa shape index (κ3) is 3.57. The normalized spacial score (nSPS) is 12.5. The Labute approximate surface area is 139 Å². The maximum Gasteiger partial charge on any atom is 0.268 e. The minimum Gasteiger partial charge on any atom is -0.508 e. The predicted molar refractivity (Wildman–Crippen MR) is 89.6 cm³/mol. The van der Waals surface area contributed by atoms with Gasteiger partial charge in [0.15, 0.2) is 0 Å². The second-order valence-electron chi connectivity index (χ2n) is 5.87. The van der Waals surface area contributed by atoms with Crippen molar-refractivity contribution in [2.75, 3.05) is 0 Å². The van der Waals surface area contributed by atoms with Crippen LogP contribution in [0.5, 0.6) is 5.75 Å². The number of aliphatic hydroxyl groups excluding tert-OH is 1. The molecule has 1 unspecified atom stereocenters. The molecule has 0 spiro atoms. The molecule has 126 valence electrons. The number of carbonyl (C=O) groups is 1. The van der Waals surface area contributed by atoms with Gasteiger partial charge in [0.2, 0.25) is 0 Å². The van der Waals surface area contributed by atoms with E-state index in [1.165, 1.54) is 12.5 Å². The van der Waals surface area contributed by atoms with Crippen molar-refractivity contribution in [3.63, 3.8) is 0 Å². The number of aryl methyl sites for hydroxylation is 1. The second-order valence-corrected chi connectivity index (χ2v) is 5.87. The Morgan fingerprint density at radius 3 is 2.92 bits per heavy atom. The maximum atomic E-state index is 11.0. The molecule has 0 aliphatic rings. The number of aromatic nitrogens is 3. The molecular formula is C17H20N4O3. The molecule has 1 amide bonds. The van der Waals surface area contributed by atoms with Crippen LogP contribution in [0.15, 0.2) is 43.0 Å². The average molecular weight is 328 g/mol. The maximum absolute atomic E-state index is 11.0. The SMILES string of the molecule is NC(=O)c1cn(CC(O)CCCn2ccc3ccc(O)cc32)cn1. The van der Waals surface area contributed by atoms with Crippen LogP contribution < -0.4 is 5.73 Å². The fraction of sp³-hybridized carbons (Fsp3) is 0.294.